The molecule has 0 aliphatic rings. The molecule has 112 valence electrons. The standard InChI is InChI=1S/C16H24BrNO2/c1-3-5-13(10-11-17)12-18-16(19)14-6-8-15(9-7-14)20-4-2/h6-9,13H,3-5,10-12H2,1-2H3,(H,18,19). The number of hydrogen-bond acceptors (Lipinski definition) is 2. The van der Waals surface area contributed by atoms with Gasteiger partial charge in [0.25, 0.3) is 5.91 Å². The molecule has 0 aromatic heterocycles. The molecule has 1 atom stereocenters. The van der Waals surface area contributed by atoms with Gasteiger partial charge in [0.15, 0.2) is 0 Å². The Morgan fingerprint density at radius 3 is 2.50 bits per heavy atom. The van der Waals surface area contributed by atoms with Crippen LogP contribution in [0.15, 0.2) is 24.3 Å². The maximum Gasteiger partial charge on any atom is 0.251 e. The fourth-order valence-electron chi connectivity index (χ4n) is 2.12. The lowest BCUT2D eigenvalue weighted by Gasteiger charge is -2.15. The van der Waals surface area contributed by atoms with Gasteiger partial charge >= 0.3 is 0 Å². The summed E-state index contributed by atoms with van der Waals surface area (Å²) in [5, 5.41) is 4.00. The molecule has 0 bridgehead atoms. The number of carbonyl (C=O) groups is 1. The van der Waals surface area contributed by atoms with Crippen LogP contribution in [0.5, 0.6) is 5.75 Å². The molecule has 0 heterocycles. The van der Waals surface area contributed by atoms with Crippen molar-refractivity contribution in [3.8, 4) is 5.75 Å². The van der Waals surface area contributed by atoms with Crippen molar-refractivity contribution in [1.82, 2.24) is 5.32 Å². The molecule has 0 spiro atoms. The molecule has 0 saturated carbocycles. The van der Waals surface area contributed by atoms with Gasteiger partial charge in [-0.2, -0.15) is 0 Å². The van der Waals surface area contributed by atoms with E-state index in [9.17, 15) is 4.79 Å². The van der Waals surface area contributed by atoms with E-state index in [1.165, 1.54) is 0 Å². The summed E-state index contributed by atoms with van der Waals surface area (Å²) in [6.07, 6.45) is 3.39. The molecule has 1 aromatic carbocycles. The van der Waals surface area contributed by atoms with E-state index in [4.69, 9.17) is 4.74 Å². The van der Waals surface area contributed by atoms with Gasteiger partial charge < -0.3 is 10.1 Å². The summed E-state index contributed by atoms with van der Waals surface area (Å²) in [5.74, 6) is 1.34. The minimum absolute atomic E-state index is 0.0104. The van der Waals surface area contributed by atoms with Crippen LogP contribution < -0.4 is 10.1 Å². The lowest BCUT2D eigenvalue weighted by molar-refractivity contribution is 0.0946. The molecule has 1 rings (SSSR count). The molecule has 1 unspecified atom stereocenters. The van der Waals surface area contributed by atoms with Crippen molar-refractivity contribution in [1.29, 1.82) is 0 Å². The molecule has 0 saturated heterocycles. The molecule has 1 amide bonds. The highest BCUT2D eigenvalue weighted by Crippen LogP contribution is 2.14. The van der Waals surface area contributed by atoms with E-state index in [0.717, 1.165) is 36.9 Å². The lowest BCUT2D eigenvalue weighted by Crippen LogP contribution is -2.29. The van der Waals surface area contributed by atoms with E-state index in [0.29, 0.717) is 18.1 Å². The highest BCUT2D eigenvalue weighted by molar-refractivity contribution is 9.09. The summed E-state index contributed by atoms with van der Waals surface area (Å²) in [7, 11) is 0. The van der Waals surface area contributed by atoms with Crippen LogP contribution in [0.1, 0.15) is 43.5 Å². The molecule has 0 fully saturated rings. The fourth-order valence-corrected chi connectivity index (χ4v) is 2.77. The largest absolute Gasteiger partial charge is 0.494 e. The monoisotopic (exact) mass is 341 g/mol. The topological polar surface area (TPSA) is 38.3 Å². The highest BCUT2D eigenvalue weighted by atomic mass is 79.9. The Morgan fingerprint density at radius 2 is 1.95 bits per heavy atom. The van der Waals surface area contributed by atoms with Gasteiger partial charge in [0.1, 0.15) is 5.75 Å². The summed E-state index contributed by atoms with van der Waals surface area (Å²) >= 11 is 3.47. The quantitative estimate of drug-likeness (QED) is 0.689. The molecule has 1 N–H and O–H groups in total. The summed E-state index contributed by atoms with van der Waals surface area (Å²) in [6, 6.07) is 7.28. The van der Waals surface area contributed by atoms with Crippen molar-refractivity contribution in [3.63, 3.8) is 0 Å². The van der Waals surface area contributed by atoms with Crippen LogP contribution in [0, 0.1) is 5.92 Å². The molecule has 0 aliphatic carbocycles. The first-order chi connectivity index (χ1) is 9.71. The zero-order chi connectivity index (χ0) is 14.8. The summed E-state index contributed by atoms with van der Waals surface area (Å²) in [6.45, 7) is 5.50. The number of carbonyl (C=O) groups excluding carboxylic acids is 1. The van der Waals surface area contributed by atoms with E-state index in [1.54, 1.807) is 12.1 Å². The Balaban J connectivity index is 2.48. The average molecular weight is 342 g/mol. The number of rotatable bonds is 9. The van der Waals surface area contributed by atoms with Crippen molar-refractivity contribution >= 4 is 21.8 Å². The Hall–Kier alpha value is -1.03. The molecular formula is C16H24BrNO2. The number of halogens is 1. The highest BCUT2D eigenvalue weighted by Gasteiger charge is 2.10. The lowest BCUT2D eigenvalue weighted by atomic mass is 10.0. The Morgan fingerprint density at radius 1 is 1.25 bits per heavy atom. The predicted molar refractivity (Wildman–Crippen MR) is 86.8 cm³/mol. The number of amides is 1. The molecule has 0 radical (unpaired) electrons. The Labute approximate surface area is 130 Å². The predicted octanol–water partition coefficient (Wildman–Crippen LogP) is 4.02. The molecule has 1 aromatic rings. The van der Waals surface area contributed by atoms with Crippen LogP contribution in [0.4, 0.5) is 0 Å². The maximum absolute atomic E-state index is 12.1. The average Bonchev–Trinajstić information content (AvgIpc) is 2.46. The summed E-state index contributed by atoms with van der Waals surface area (Å²) in [4.78, 5) is 12.1. The second-order valence-electron chi connectivity index (χ2n) is 4.80. The normalized spacial score (nSPS) is 11.9. The third kappa shape index (κ3) is 5.95. The first-order valence-corrected chi connectivity index (χ1v) is 8.40. The second-order valence-corrected chi connectivity index (χ2v) is 5.59. The van der Waals surface area contributed by atoms with Crippen LogP contribution in [-0.2, 0) is 0 Å². The second kappa shape index (κ2) is 9.81. The Kier molecular flexibility index (Phi) is 8.35. The smallest absolute Gasteiger partial charge is 0.251 e. The van der Waals surface area contributed by atoms with Crippen molar-refractivity contribution in [2.45, 2.75) is 33.1 Å². The van der Waals surface area contributed by atoms with E-state index < -0.39 is 0 Å². The number of benzene rings is 1. The zero-order valence-electron chi connectivity index (χ0n) is 12.3. The maximum atomic E-state index is 12.1. The Bertz CT molecular complexity index is 386. The third-order valence-corrected chi connectivity index (χ3v) is 3.65. The molecule has 3 nitrogen and oxygen atoms in total. The van der Waals surface area contributed by atoms with E-state index in [2.05, 4.69) is 28.2 Å². The van der Waals surface area contributed by atoms with Gasteiger partial charge in [-0.3, -0.25) is 4.79 Å². The van der Waals surface area contributed by atoms with Gasteiger partial charge in [-0.1, -0.05) is 29.3 Å². The third-order valence-electron chi connectivity index (χ3n) is 3.19. The van der Waals surface area contributed by atoms with Gasteiger partial charge in [-0.25, -0.2) is 0 Å². The van der Waals surface area contributed by atoms with Crippen LogP contribution in [0.2, 0.25) is 0 Å². The number of nitrogens with one attached hydrogen (secondary N) is 1. The van der Waals surface area contributed by atoms with Gasteiger partial charge in [-0.05, 0) is 49.9 Å². The van der Waals surface area contributed by atoms with Crippen LogP contribution in [-0.4, -0.2) is 24.4 Å². The number of ether oxygens (including phenoxy) is 1. The summed E-state index contributed by atoms with van der Waals surface area (Å²) in [5.41, 5.74) is 0.683. The molecule has 0 aliphatic heterocycles. The SMILES string of the molecule is CCCC(CCBr)CNC(=O)c1ccc(OCC)cc1. The first-order valence-electron chi connectivity index (χ1n) is 7.28. The van der Waals surface area contributed by atoms with E-state index in [-0.39, 0.29) is 5.91 Å². The van der Waals surface area contributed by atoms with E-state index in [1.807, 2.05) is 19.1 Å². The van der Waals surface area contributed by atoms with Gasteiger partial charge in [0.05, 0.1) is 6.61 Å². The van der Waals surface area contributed by atoms with Gasteiger partial charge in [0, 0.05) is 17.4 Å². The van der Waals surface area contributed by atoms with Crippen molar-refractivity contribution < 1.29 is 9.53 Å². The molecule has 20 heavy (non-hydrogen) atoms. The minimum Gasteiger partial charge on any atom is -0.494 e. The van der Waals surface area contributed by atoms with Gasteiger partial charge in [0.2, 0.25) is 0 Å². The van der Waals surface area contributed by atoms with Gasteiger partial charge in [-0.15, -0.1) is 0 Å². The molecule has 4 heteroatoms. The molecular weight excluding hydrogens is 318 g/mol. The number of hydrogen-bond donors (Lipinski definition) is 1. The van der Waals surface area contributed by atoms with Crippen LogP contribution >= 0.6 is 15.9 Å². The number of alkyl halides is 1. The van der Waals surface area contributed by atoms with Crippen LogP contribution in [0.25, 0.3) is 0 Å². The first kappa shape index (κ1) is 17.0. The van der Waals surface area contributed by atoms with Crippen LogP contribution in [0.3, 0.4) is 0 Å². The van der Waals surface area contributed by atoms with E-state index >= 15 is 0 Å². The van der Waals surface area contributed by atoms with Crippen molar-refractivity contribution in [2.75, 3.05) is 18.5 Å². The zero-order valence-corrected chi connectivity index (χ0v) is 13.9. The summed E-state index contributed by atoms with van der Waals surface area (Å²) < 4.78 is 5.37. The minimum atomic E-state index is -0.0104. The fraction of sp³-hybridized carbons (Fsp3) is 0.562. The van der Waals surface area contributed by atoms with Crippen molar-refractivity contribution in [2.24, 2.45) is 5.92 Å². The van der Waals surface area contributed by atoms with Crippen molar-refractivity contribution in [3.05, 3.63) is 29.8 Å².